The molecule has 0 radical (unpaired) electrons. The summed E-state index contributed by atoms with van der Waals surface area (Å²) in [5, 5.41) is 3.55. The van der Waals surface area contributed by atoms with E-state index in [4.69, 9.17) is 16.3 Å². The van der Waals surface area contributed by atoms with Crippen molar-refractivity contribution < 1.29 is 13.2 Å². The highest BCUT2D eigenvalue weighted by molar-refractivity contribution is 7.89. The lowest BCUT2D eigenvalue weighted by Crippen LogP contribution is -2.36. The Morgan fingerprint density at radius 2 is 2.24 bits per heavy atom. The van der Waals surface area contributed by atoms with E-state index in [1.807, 2.05) is 6.92 Å². The number of halogens is 1. The van der Waals surface area contributed by atoms with Crippen LogP contribution >= 0.6 is 11.6 Å². The van der Waals surface area contributed by atoms with Gasteiger partial charge < -0.3 is 10.1 Å². The molecule has 21 heavy (non-hydrogen) atoms. The number of hydrogen-bond donors (Lipinski definition) is 1. The molecule has 1 unspecified atom stereocenters. The predicted molar refractivity (Wildman–Crippen MR) is 83.0 cm³/mol. The molecule has 118 valence electrons. The van der Waals surface area contributed by atoms with Crippen LogP contribution in [0, 0.1) is 0 Å². The summed E-state index contributed by atoms with van der Waals surface area (Å²) in [7, 11) is -1.71. The third-order valence-corrected chi connectivity index (χ3v) is 5.67. The number of benzene rings is 1. The summed E-state index contributed by atoms with van der Waals surface area (Å²) >= 11 is 6.09. The van der Waals surface area contributed by atoms with Crippen LogP contribution in [0.15, 0.2) is 23.1 Å². The van der Waals surface area contributed by atoms with E-state index in [9.17, 15) is 8.42 Å². The summed E-state index contributed by atoms with van der Waals surface area (Å²) in [6, 6.07) is 4.84. The Hall–Kier alpha value is -0.660. The van der Waals surface area contributed by atoms with Gasteiger partial charge in [0.1, 0.15) is 0 Å². The second-order valence-corrected chi connectivity index (χ2v) is 7.53. The van der Waals surface area contributed by atoms with Crippen LogP contribution in [0.2, 0.25) is 5.02 Å². The first-order valence-electron chi connectivity index (χ1n) is 7.00. The Morgan fingerprint density at radius 1 is 1.48 bits per heavy atom. The summed E-state index contributed by atoms with van der Waals surface area (Å²) in [6.45, 7) is 3.88. The molecule has 5 nitrogen and oxygen atoms in total. The molecular weight excluding hydrogens is 312 g/mol. The summed E-state index contributed by atoms with van der Waals surface area (Å²) in [4.78, 5) is 0.284. The molecule has 0 spiro atoms. The highest BCUT2D eigenvalue weighted by Gasteiger charge is 2.28. The molecule has 1 fully saturated rings. The Labute approximate surface area is 131 Å². The topological polar surface area (TPSA) is 58.6 Å². The Morgan fingerprint density at radius 3 is 2.95 bits per heavy atom. The van der Waals surface area contributed by atoms with Crippen LogP contribution < -0.4 is 5.32 Å². The second kappa shape index (κ2) is 7.07. The molecule has 0 saturated carbocycles. The molecule has 0 amide bonds. The number of ether oxygens (including phenoxy) is 1. The highest BCUT2D eigenvalue weighted by Crippen LogP contribution is 2.24. The van der Waals surface area contributed by atoms with Gasteiger partial charge in [0.25, 0.3) is 0 Å². The van der Waals surface area contributed by atoms with Crippen molar-refractivity contribution in [3.63, 3.8) is 0 Å². The lowest BCUT2D eigenvalue weighted by atomic mass is 10.2. The van der Waals surface area contributed by atoms with E-state index in [-0.39, 0.29) is 11.0 Å². The van der Waals surface area contributed by atoms with Crippen molar-refractivity contribution in [1.29, 1.82) is 0 Å². The first-order chi connectivity index (χ1) is 9.95. The van der Waals surface area contributed by atoms with Gasteiger partial charge in [0, 0.05) is 31.3 Å². The van der Waals surface area contributed by atoms with Crippen molar-refractivity contribution in [3.05, 3.63) is 28.8 Å². The van der Waals surface area contributed by atoms with Gasteiger partial charge in [-0.15, -0.1) is 0 Å². The van der Waals surface area contributed by atoms with Crippen molar-refractivity contribution in [3.8, 4) is 0 Å². The normalized spacial score (nSPS) is 21.2. The maximum absolute atomic E-state index is 12.8. The van der Waals surface area contributed by atoms with Crippen LogP contribution in [-0.4, -0.2) is 45.6 Å². The zero-order chi connectivity index (χ0) is 15.5. The molecule has 1 aromatic carbocycles. The monoisotopic (exact) mass is 332 g/mol. The molecule has 7 heteroatoms. The first-order valence-corrected chi connectivity index (χ1v) is 8.81. The van der Waals surface area contributed by atoms with Crippen molar-refractivity contribution in [2.24, 2.45) is 0 Å². The van der Waals surface area contributed by atoms with Gasteiger partial charge in [-0.1, -0.05) is 11.6 Å². The average Bonchev–Trinajstić information content (AvgIpc) is 2.66. The SMILES string of the molecule is CNCc1cc(S(=O)(=O)N2CCCOC(C)C2)ccc1Cl. The summed E-state index contributed by atoms with van der Waals surface area (Å²) in [5.74, 6) is 0. The zero-order valence-electron chi connectivity index (χ0n) is 12.3. The van der Waals surface area contributed by atoms with E-state index in [1.54, 1.807) is 25.2 Å². The lowest BCUT2D eigenvalue weighted by Gasteiger charge is -2.22. The zero-order valence-corrected chi connectivity index (χ0v) is 13.9. The van der Waals surface area contributed by atoms with Crippen LogP contribution in [0.4, 0.5) is 0 Å². The van der Waals surface area contributed by atoms with E-state index in [1.165, 1.54) is 4.31 Å². The van der Waals surface area contributed by atoms with Crippen molar-refractivity contribution in [2.45, 2.75) is 30.9 Å². The van der Waals surface area contributed by atoms with Gasteiger partial charge in [0.15, 0.2) is 0 Å². The summed E-state index contributed by atoms with van der Waals surface area (Å²) in [5.41, 5.74) is 0.777. The van der Waals surface area contributed by atoms with Gasteiger partial charge >= 0.3 is 0 Å². The molecule has 0 aliphatic carbocycles. The molecule has 1 N–H and O–H groups in total. The fourth-order valence-electron chi connectivity index (χ4n) is 2.36. The molecule has 0 bridgehead atoms. The van der Waals surface area contributed by atoms with E-state index < -0.39 is 10.0 Å². The van der Waals surface area contributed by atoms with Crippen LogP contribution in [0.1, 0.15) is 18.9 Å². The largest absolute Gasteiger partial charge is 0.377 e. The molecule has 1 heterocycles. The maximum Gasteiger partial charge on any atom is 0.243 e. The summed E-state index contributed by atoms with van der Waals surface area (Å²) in [6.07, 6.45) is 0.618. The molecule has 0 aromatic heterocycles. The van der Waals surface area contributed by atoms with E-state index in [2.05, 4.69) is 5.32 Å². The molecule has 1 aliphatic heterocycles. The fraction of sp³-hybridized carbons (Fsp3) is 0.571. The van der Waals surface area contributed by atoms with Crippen molar-refractivity contribution >= 4 is 21.6 Å². The van der Waals surface area contributed by atoms with Gasteiger partial charge in [-0.05, 0) is 44.2 Å². The molecule has 1 aromatic rings. The average molecular weight is 333 g/mol. The molecule has 2 rings (SSSR count). The Balaban J connectivity index is 2.32. The van der Waals surface area contributed by atoms with Crippen LogP contribution in [0.25, 0.3) is 0 Å². The predicted octanol–water partition coefficient (Wildman–Crippen LogP) is 1.86. The number of hydrogen-bond acceptors (Lipinski definition) is 4. The van der Waals surface area contributed by atoms with Crippen molar-refractivity contribution in [1.82, 2.24) is 9.62 Å². The minimum Gasteiger partial charge on any atom is -0.377 e. The minimum atomic E-state index is -3.51. The smallest absolute Gasteiger partial charge is 0.243 e. The van der Waals surface area contributed by atoms with Gasteiger partial charge in [-0.3, -0.25) is 0 Å². The van der Waals surface area contributed by atoms with Crippen LogP contribution in [0.3, 0.4) is 0 Å². The van der Waals surface area contributed by atoms with E-state index in [0.29, 0.717) is 37.7 Å². The van der Waals surface area contributed by atoms with Gasteiger partial charge in [-0.2, -0.15) is 4.31 Å². The number of nitrogens with one attached hydrogen (secondary N) is 1. The molecule has 1 atom stereocenters. The van der Waals surface area contributed by atoms with E-state index in [0.717, 1.165) is 5.56 Å². The third-order valence-electron chi connectivity index (χ3n) is 3.44. The Kier molecular flexibility index (Phi) is 5.62. The maximum atomic E-state index is 12.8. The van der Waals surface area contributed by atoms with E-state index >= 15 is 0 Å². The van der Waals surface area contributed by atoms with Gasteiger partial charge in [-0.25, -0.2) is 8.42 Å². The molecular formula is C14H21ClN2O3S. The number of nitrogens with zero attached hydrogens (tertiary/aromatic N) is 1. The summed E-state index contributed by atoms with van der Waals surface area (Å²) < 4.78 is 32.5. The highest BCUT2D eigenvalue weighted by atomic mass is 35.5. The Bertz CT molecular complexity index is 592. The van der Waals surface area contributed by atoms with Crippen LogP contribution in [0.5, 0.6) is 0 Å². The first kappa shape index (κ1) is 16.7. The van der Waals surface area contributed by atoms with Gasteiger partial charge in [0.2, 0.25) is 10.0 Å². The quantitative estimate of drug-likeness (QED) is 0.914. The molecule has 1 aliphatic rings. The van der Waals surface area contributed by atoms with Gasteiger partial charge in [0.05, 0.1) is 11.0 Å². The van der Waals surface area contributed by atoms with Crippen LogP contribution in [-0.2, 0) is 21.3 Å². The minimum absolute atomic E-state index is 0.0913. The number of sulfonamides is 1. The second-order valence-electron chi connectivity index (χ2n) is 5.18. The third kappa shape index (κ3) is 3.96. The lowest BCUT2D eigenvalue weighted by molar-refractivity contribution is 0.0752. The fourth-order valence-corrected chi connectivity index (χ4v) is 4.15. The van der Waals surface area contributed by atoms with Crippen molar-refractivity contribution in [2.75, 3.05) is 26.7 Å². The molecule has 1 saturated heterocycles. The standard InChI is InChI=1S/C14H21ClN2O3S/c1-11-10-17(6-3-7-20-11)21(18,19)13-4-5-14(15)12(8-13)9-16-2/h4-5,8,11,16H,3,6-7,9-10H2,1-2H3. The number of rotatable bonds is 4.